The fraction of sp³-hybridized carbons (Fsp3) is 0.619. The average molecular weight is 294 g/mol. The van der Waals surface area contributed by atoms with E-state index in [-0.39, 0.29) is 5.41 Å². The Kier molecular flexibility index (Phi) is 3.26. The highest BCUT2D eigenvalue weighted by molar-refractivity contribution is 5.40. The molecule has 4 atom stereocenters. The van der Waals surface area contributed by atoms with Crippen LogP contribution in [0.5, 0.6) is 0 Å². The molecule has 4 aliphatic carbocycles. The number of fused-ring (bicyclic) bond motifs is 4. The second kappa shape index (κ2) is 5.05. The maximum absolute atomic E-state index is 5.78. The van der Waals surface area contributed by atoms with Gasteiger partial charge in [-0.05, 0) is 62.4 Å². The van der Waals surface area contributed by atoms with Crippen LogP contribution in [-0.2, 0) is 4.74 Å². The smallest absolute Gasteiger partial charge is 0.0959 e. The van der Waals surface area contributed by atoms with Gasteiger partial charge in [0.15, 0.2) is 0 Å². The van der Waals surface area contributed by atoms with Crippen LogP contribution in [0.15, 0.2) is 34.6 Å². The molecule has 0 aromatic heterocycles. The lowest BCUT2D eigenvalue weighted by Crippen LogP contribution is -2.42. The molecule has 0 unspecified atom stereocenters. The van der Waals surface area contributed by atoms with Gasteiger partial charge in [-0.1, -0.05) is 30.1 Å². The zero-order chi connectivity index (χ0) is 15.3. The summed E-state index contributed by atoms with van der Waals surface area (Å²) in [6.45, 7) is 2.43. The summed E-state index contributed by atoms with van der Waals surface area (Å²) in [4.78, 5) is 0. The van der Waals surface area contributed by atoms with E-state index in [4.69, 9.17) is 11.2 Å². The fourth-order valence-electron chi connectivity index (χ4n) is 5.84. The van der Waals surface area contributed by atoms with Crippen molar-refractivity contribution in [3.63, 3.8) is 0 Å². The van der Waals surface area contributed by atoms with Gasteiger partial charge < -0.3 is 4.74 Å². The van der Waals surface area contributed by atoms with Crippen LogP contribution in [-0.4, -0.2) is 7.11 Å². The Hall–Kier alpha value is -1.42. The van der Waals surface area contributed by atoms with Crippen LogP contribution in [0.1, 0.15) is 51.9 Å². The lowest BCUT2D eigenvalue weighted by Gasteiger charge is -2.51. The lowest BCUT2D eigenvalue weighted by molar-refractivity contribution is 0.0587. The van der Waals surface area contributed by atoms with Crippen molar-refractivity contribution in [3.05, 3.63) is 34.6 Å². The number of hydrogen-bond donors (Lipinski definition) is 0. The summed E-state index contributed by atoms with van der Waals surface area (Å²) in [5.41, 5.74) is 5.03. The summed E-state index contributed by atoms with van der Waals surface area (Å²) in [5, 5.41) is 0. The molecule has 4 aliphatic rings. The minimum Gasteiger partial charge on any atom is -0.501 e. The second-order valence-corrected chi connectivity index (χ2v) is 7.75. The van der Waals surface area contributed by atoms with Crippen molar-refractivity contribution in [1.29, 1.82) is 0 Å². The van der Waals surface area contributed by atoms with Crippen LogP contribution in [0.25, 0.3) is 0 Å². The van der Waals surface area contributed by atoms with Gasteiger partial charge in [0.2, 0.25) is 0 Å². The third kappa shape index (κ3) is 1.86. The molecule has 0 amide bonds. The second-order valence-electron chi connectivity index (χ2n) is 7.75. The Labute approximate surface area is 134 Å². The molecule has 0 aliphatic heterocycles. The number of rotatable bonds is 1. The molecule has 1 saturated carbocycles. The highest BCUT2D eigenvalue weighted by atomic mass is 16.5. The summed E-state index contributed by atoms with van der Waals surface area (Å²) in [6, 6.07) is 0. The SMILES string of the molecule is C#CC1=CC[C@H]2[C@@H]3CCC4=C(CC=C(OC)C4)[C@H]3CC[C@]12C. The number of ether oxygens (including phenoxy) is 1. The molecule has 116 valence electrons. The van der Waals surface area contributed by atoms with Gasteiger partial charge >= 0.3 is 0 Å². The van der Waals surface area contributed by atoms with E-state index in [1.807, 2.05) is 0 Å². The molecule has 0 saturated heterocycles. The topological polar surface area (TPSA) is 9.23 Å². The minimum atomic E-state index is 0.288. The Bertz CT molecular complexity index is 627. The van der Waals surface area contributed by atoms with Gasteiger partial charge in [0.1, 0.15) is 0 Å². The molecule has 4 rings (SSSR count). The van der Waals surface area contributed by atoms with E-state index in [9.17, 15) is 0 Å². The lowest BCUT2D eigenvalue weighted by atomic mass is 9.53. The van der Waals surface area contributed by atoms with Crippen LogP contribution in [0, 0.1) is 35.5 Å². The van der Waals surface area contributed by atoms with Crippen molar-refractivity contribution < 1.29 is 4.74 Å². The number of allylic oxidation sites excluding steroid dienone is 5. The van der Waals surface area contributed by atoms with E-state index in [1.165, 1.54) is 43.4 Å². The van der Waals surface area contributed by atoms with E-state index in [1.54, 1.807) is 18.3 Å². The molecular formula is C21H26O. The molecule has 1 heteroatoms. The van der Waals surface area contributed by atoms with Crippen LogP contribution < -0.4 is 0 Å². The highest BCUT2D eigenvalue weighted by Crippen LogP contribution is 2.61. The zero-order valence-electron chi connectivity index (χ0n) is 13.8. The first-order chi connectivity index (χ1) is 10.7. The molecular weight excluding hydrogens is 268 g/mol. The summed E-state index contributed by atoms with van der Waals surface area (Å²) in [5.74, 6) is 6.60. The van der Waals surface area contributed by atoms with Gasteiger partial charge in [-0.25, -0.2) is 0 Å². The normalized spacial score (nSPS) is 40.0. The predicted octanol–water partition coefficient (Wildman–Crippen LogP) is 5.01. The highest BCUT2D eigenvalue weighted by Gasteiger charge is 2.51. The van der Waals surface area contributed by atoms with Crippen LogP contribution >= 0.6 is 0 Å². The number of terminal acetylenes is 1. The van der Waals surface area contributed by atoms with Crippen molar-refractivity contribution in [2.24, 2.45) is 23.2 Å². The minimum absolute atomic E-state index is 0.288. The molecule has 22 heavy (non-hydrogen) atoms. The van der Waals surface area contributed by atoms with Crippen molar-refractivity contribution in [2.45, 2.75) is 51.9 Å². The van der Waals surface area contributed by atoms with Crippen molar-refractivity contribution in [1.82, 2.24) is 0 Å². The fourth-order valence-corrected chi connectivity index (χ4v) is 5.84. The quantitative estimate of drug-likeness (QED) is 0.488. The van der Waals surface area contributed by atoms with E-state index in [0.717, 1.165) is 30.6 Å². The van der Waals surface area contributed by atoms with Crippen LogP contribution in [0.3, 0.4) is 0 Å². The van der Waals surface area contributed by atoms with Crippen LogP contribution in [0.4, 0.5) is 0 Å². The molecule has 0 N–H and O–H groups in total. The van der Waals surface area contributed by atoms with Gasteiger partial charge in [-0.15, -0.1) is 6.42 Å². The van der Waals surface area contributed by atoms with Gasteiger partial charge in [0.25, 0.3) is 0 Å². The third-order valence-electron chi connectivity index (χ3n) is 7.05. The van der Waals surface area contributed by atoms with Gasteiger partial charge in [-0.2, -0.15) is 0 Å². The zero-order valence-corrected chi connectivity index (χ0v) is 13.8. The van der Waals surface area contributed by atoms with Gasteiger partial charge in [-0.3, -0.25) is 0 Å². The number of methoxy groups -OCH3 is 1. The van der Waals surface area contributed by atoms with Gasteiger partial charge in [0.05, 0.1) is 12.9 Å². The predicted molar refractivity (Wildman–Crippen MR) is 89.9 cm³/mol. The molecule has 1 fully saturated rings. The Balaban J connectivity index is 1.61. The van der Waals surface area contributed by atoms with E-state index >= 15 is 0 Å². The van der Waals surface area contributed by atoms with Crippen molar-refractivity contribution in [3.8, 4) is 12.3 Å². The Morgan fingerprint density at radius 3 is 2.95 bits per heavy atom. The van der Waals surface area contributed by atoms with E-state index in [2.05, 4.69) is 25.0 Å². The summed E-state index contributed by atoms with van der Waals surface area (Å²) >= 11 is 0. The first kappa shape index (κ1) is 14.2. The molecule has 0 aromatic rings. The monoisotopic (exact) mass is 294 g/mol. The van der Waals surface area contributed by atoms with E-state index in [0.29, 0.717) is 0 Å². The molecule has 0 radical (unpaired) electrons. The van der Waals surface area contributed by atoms with Crippen molar-refractivity contribution in [2.75, 3.05) is 7.11 Å². The average Bonchev–Trinajstić information content (AvgIpc) is 2.90. The Morgan fingerprint density at radius 2 is 2.18 bits per heavy atom. The summed E-state index contributed by atoms with van der Waals surface area (Å²) in [6.07, 6.45) is 19.1. The maximum atomic E-state index is 5.78. The molecule has 1 nitrogen and oxygen atoms in total. The molecule has 0 spiro atoms. The standard InChI is InChI=1S/C21H26O/c1-4-15-6-10-20-19-8-5-14-13-16(22-3)7-9-17(14)18(19)11-12-21(15,20)2/h1,6-7,18-20H,5,8-13H2,2-3H3/t18-,19-,20+,21-/m1/s1. The molecule has 0 aromatic carbocycles. The largest absolute Gasteiger partial charge is 0.501 e. The van der Waals surface area contributed by atoms with Gasteiger partial charge in [0, 0.05) is 17.4 Å². The third-order valence-corrected chi connectivity index (χ3v) is 7.05. The summed E-state index contributed by atoms with van der Waals surface area (Å²) < 4.78 is 5.49. The first-order valence-corrected chi connectivity index (χ1v) is 8.78. The number of hydrogen-bond acceptors (Lipinski definition) is 1. The van der Waals surface area contributed by atoms with Crippen LogP contribution in [0.2, 0.25) is 0 Å². The first-order valence-electron chi connectivity index (χ1n) is 8.78. The molecule has 0 bridgehead atoms. The maximum Gasteiger partial charge on any atom is 0.0959 e. The van der Waals surface area contributed by atoms with Crippen molar-refractivity contribution >= 4 is 0 Å². The Morgan fingerprint density at radius 1 is 1.32 bits per heavy atom. The summed E-state index contributed by atoms with van der Waals surface area (Å²) in [7, 11) is 1.81. The molecule has 0 heterocycles. The van der Waals surface area contributed by atoms with E-state index < -0.39 is 0 Å².